The number of ether oxygens (including phenoxy) is 1. The van der Waals surface area contributed by atoms with Crippen LogP contribution in [0.3, 0.4) is 0 Å². The number of hydrogen-bond donors (Lipinski definition) is 2. The van der Waals surface area contributed by atoms with E-state index in [1.165, 1.54) is 21.0 Å². The van der Waals surface area contributed by atoms with Gasteiger partial charge in [0.2, 0.25) is 5.91 Å². The Kier molecular flexibility index (Phi) is 6.67. The molecule has 0 aliphatic heterocycles. The van der Waals surface area contributed by atoms with Gasteiger partial charge in [-0.3, -0.25) is 9.59 Å². The Hall–Kier alpha value is -1.21. The van der Waals surface area contributed by atoms with E-state index >= 15 is 0 Å². The molecule has 2 N–H and O–H groups in total. The van der Waals surface area contributed by atoms with E-state index in [4.69, 9.17) is 0 Å². The lowest BCUT2D eigenvalue weighted by molar-refractivity contribution is -0.178. The Balaban J connectivity index is 4.09. The molecule has 0 fully saturated rings. The second-order valence-electron chi connectivity index (χ2n) is 4.26. The van der Waals surface area contributed by atoms with Crippen LogP contribution >= 0.6 is 0 Å². The zero-order valence-corrected chi connectivity index (χ0v) is 10.2. The highest BCUT2D eigenvalue weighted by molar-refractivity contribution is 5.81. The third-order valence-electron chi connectivity index (χ3n) is 2.27. The summed E-state index contributed by atoms with van der Waals surface area (Å²) in [7, 11) is 1.24. The Morgan fingerprint density at radius 3 is 2.53 bits per heavy atom. The van der Waals surface area contributed by atoms with Crippen molar-refractivity contribution >= 4 is 11.9 Å². The van der Waals surface area contributed by atoms with Crippen LogP contribution in [-0.4, -0.2) is 43.3 Å². The maximum absolute atomic E-state index is 11.7. The van der Waals surface area contributed by atoms with Crippen molar-refractivity contribution in [1.82, 2.24) is 5.32 Å². The van der Waals surface area contributed by atoms with E-state index in [9.17, 15) is 19.2 Å². The molecule has 0 aromatic heterocycles. The van der Waals surface area contributed by atoms with Gasteiger partial charge in [-0.1, -0.05) is 13.8 Å². The van der Waals surface area contributed by atoms with Crippen LogP contribution in [0.15, 0.2) is 0 Å². The van der Waals surface area contributed by atoms with Crippen LogP contribution in [0.25, 0.3) is 0 Å². The molecule has 100 valence electrons. The number of hydrogen-bond acceptors (Lipinski definition) is 5. The summed E-state index contributed by atoms with van der Waals surface area (Å²) in [6.07, 6.45) is -1.41. The van der Waals surface area contributed by atoms with Gasteiger partial charge in [0, 0.05) is 12.0 Å². The predicted octanol–water partition coefficient (Wildman–Crippen LogP) is -0.0461. The van der Waals surface area contributed by atoms with Crippen LogP contribution in [0.4, 0.5) is 4.53 Å². The van der Waals surface area contributed by atoms with E-state index in [0.29, 0.717) is 0 Å². The molecule has 0 aromatic carbocycles. The number of amides is 1. The number of aliphatic hydroxyl groups excluding tert-OH is 1. The number of carbonyl (C=O) groups is 2. The molecule has 0 spiro atoms. The lowest BCUT2D eigenvalue weighted by atomic mass is 9.87. The molecule has 1 atom stereocenters. The van der Waals surface area contributed by atoms with Gasteiger partial charge in [-0.05, 0) is 4.53 Å². The summed E-state index contributed by atoms with van der Waals surface area (Å²) in [4.78, 5) is 25.6. The molecule has 0 saturated heterocycles. The fraction of sp³-hybridized carbons (Fsp3) is 0.800. The molecule has 0 aliphatic rings. The van der Waals surface area contributed by atoms with E-state index in [0.717, 1.165) is 0 Å². The first-order valence-electron chi connectivity index (χ1n) is 5.11. The molecule has 0 rings (SSSR count). The Morgan fingerprint density at radius 1 is 1.47 bits per heavy atom. The zero-order chi connectivity index (χ0) is 13.5. The molecule has 0 heterocycles. The lowest BCUT2D eigenvalue weighted by Crippen LogP contribution is -2.46. The summed E-state index contributed by atoms with van der Waals surface area (Å²) in [5.74, 6) is -1.15. The molecule has 0 aromatic rings. The van der Waals surface area contributed by atoms with Gasteiger partial charge in [-0.15, -0.1) is 0 Å². The second-order valence-corrected chi connectivity index (χ2v) is 4.26. The van der Waals surface area contributed by atoms with Crippen molar-refractivity contribution in [3.63, 3.8) is 0 Å². The quantitative estimate of drug-likeness (QED) is 0.620. The molecule has 0 saturated carbocycles. The first-order valence-corrected chi connectivity index (χ1v) is 5.11. The molecule has 7 heteroatoms. The Morgan fingerprint density at radius 2 is 2.06 bits per heavy atom. The highest BCUT2D eigenvalue weighted by Crippen LogP contribution is 2.21. The molecular formula is C10H18FNO5. The summed E-state index contributed by atoms with van der Waals surface area (Å²) in [5, 5.41) is 12.0. The molecule has 0 aliphatic carbocycles. The fourth-order valence-electron chi connectivity index (χ4n) is 1.06. The number of carbonyl (C=O) groups excluding carboxylic acids is 2. The van der Waals surface area contributed by atoms with Crippen molar-refractivity contribution < 1.29 is 28.9 Å². The summed E-state index contributed by atoms with van der Waals surface area (Å²) >= 11 is 0. The van der Waals surface area contributed by atoms with E-state index < -0.39 is 30.0 Å². The van der Waals surface area contributed by atoms with Crippen molar-refractivity contribution in [3.05, 3.63) is 0 Å². The minimum Gasteiger partial charge on any atom is -0.469 e. The molecule has 0 bridgehead atoms. The van der Waals surface area contributed by atoms with Crippen molar-refractivity contribution in [1.29, 1.82) is 0 Å². The lowest BCUT2D eigenvalue weighted by Gasteiger charge is -2.27. The Labute approximate surface area is 99.0 Å². The van der Waals surface area contributed by atoms with Crippen LogP contribution in [0.5, 0.6) is 0 Å². The summed E-state index contributed by atoms with van der Waals surface area (Å²) < 4.78 is 16.1. The second kappa shape index (κ2) is 7.18. The van der Waals surface area contributed by atoms with Crippen LogP contribution in [-0.2, 0) is 19.3 Å². The summed E-state index contributed by atoms with van der Waals surface area (Å²) in [6.45, 7) is 2.61. The predicted molar refractivity (Wildman–Crippen MR) is 56.5 cm³/mol. The standard InChI is InChI=1S/C10H18FNO5/c1-10(2,6-17-11)8(14)9(15)12-5-4-7(13)16-3/h8,14H,4-6H2,1-3H3,(H,12,15). The first kappa shape index (κ1) is 15.8. The monoisotopic (exact) mass is 251 g/mol. The number of halogens is 1. The van der Waals surface area contributed by atoms with Gasteiger partial charge in [-0.2, -0.15) is 4.94 Å². The van der Waals surface area contributed by atoms with E-state index in [-0.39, 0.29) is 13.0 Å². The van der Waals surface area contributed by atoms with Crippen molar-refractivity contribution in [2.24, 2.45) is 5.41 Å². The van der Waals surface area contributed by atoms with Crippen LogP contribution < -0.4 is 5.32 Å². The molecule has 0 radical (unpaired) electrons. The SMILES string of the molecule is COC(=O)CCNC(=O)C(O)C(C)(C)COF. The molecule has 17 heavy (non-hydrogen) atoms. The van der Waals surface area contributed by atoms with Crippen LogP contribution in [0.2, 0.25) is 0 Å². The zero-order valence-electron chi connectivity index (χ0n) is 10.2. The van der Waals surface area contributed by atoms with Crippen molar-refractivity contribution in [2.45, 2.75) is 26.4 Å². The normalized spacial score (nSPS) is 13.0. The van der Waals surface area contributed by atoms with Gasteiger partial charge in [0.1, 0.15) is 6.10 Å². The molecular weight excluding hydrogens is 233 g/mol. The average Bonchev–Trinajstić information content (AvgIpc) is 2.27. The maximum atomic E-state index is 11.7. The highest BCUT2D eigenvalue weighted by atomic mass is 19.3. The fourth-order valence-corrected chi connectivity index (χ4v) is 1.06. The van der Waals surface area contributed by atoms with E-state index in [1.807, 2.05) is 0 Å². The van der Waals surface area contributed by atoms with Crippen LogP contribution in [0, 0.1) is 5.41 Å². The number of esters is 1. The summed E-state index contributed by atoms with van der Waals surface area (Å²) in [5.41, 5.74) is -1.05. The average molecular weight is 251 g/mol. The Bertz CT molecular complexity index is 269. The highest BCUT2D eigenvalue weighted by Gasteiger charge is 2.34. The molecule has 1 unspecified atom stereocenters. The van der Waals surface area contributed by atoms with Crippen LogP contribution in [0.1, 0.15) is 20.3 Å². The van der Waals surface area contributed by atoms with Crippen molar-refractivity contribution in [2.75, 3.05) is 20.3 Å². The van der Waals surface area contributed by atoms with E-state index in [1.54, 1.807) is 0 Å². The third kappa shape index (κ3) is 5.60. The third-order valence-corrected chi connectivity index (χ3v) is 2.27. The number of nitrogens with one attached hydrogen (secondary N) is 1. The topological polar surface area (TPSA) is 84.9 Å². The van der Waals surface area contributed by atoms with Gasteiger partial charge in [0.05, 0.1) is 20.1 Å². The molecule has 6 nitrogen and oxygen atoms in total. The van der Waals surface area contributed by atoms with Gasteiger partial charge in [0.15, 0.2) is 0 Å². The number of rotatable bonds is 7. The van der Waals surface area contributed by atoms with Gasteiger partial charge >= 0.3 is 5.97 Å². The van der Waals surface area contributed by atoms with Gasteiger partial charge < -0.3 is 15.2 Å². The largest absolute Gasteiger partial charge is 0.469 e. The number of aliphatic hydroxyl groups is 1. The smallest absolute Gasteiger partial charge is 0.307 e. The first-order chi connectivity index (χ1) is 7.85. The summed E-state index contributed by atoms with van der Waals surface area (Å²) in [6, 6.07) is 0. The van der Waals surface area contributed by atoms with E-state index in [2.05, 4.69) is 15.0 Å². The van der Waals surface area contributed by atoms with Gasteiger partial charge in [0.25, 0.3) is 0 Å². The number of methoxy groups -OCH3 is 1. The van der Waals surface area contributed by atoms with Crippen molar-refractivity contribution in [3.8, 4) is 0 Å². The minimum absolute atomic E-state index is 0.00893. The maximum Gasteiger partial charge on any atom is 0.307 e. The van der Waals surface area contributed by atoms with Gasteiger partial charge in [-0.25, -0.2) is 0 Å². The minimum atomic E-state index is -1.42. The molecule has 1 amide bonds.